The molecule has 0 aliphatic heterocycles. The maximum atomic E-state index is 5.54. The van der Waals surface area contributed by atoms with Gasteiger partial charge in [0, 0.05) is 6.04 Å². The molecule has 0 bridgehead atoms. The Morgan fingerprint density at radius 1 is 1.25 bits per heavy atom. The number of furan rings is 1. The number of rotatable bonds is 3. The fourth-order valence-corrected chi connectivity index (χ4v) is 3.05. The topological polar surface area (TPSA) is 25.2 Å². The van der Waals surface area contributed by atoms with Gasteiger partial charge in [0.05, 0.1) is 11.0 Å². The first-order chi connectivity index (χ1) is 7.26. The number of halogens is 2. The molecule has 0 amide bonds. The molecule has 1 N–H and O–H groups in total. The molecule has 0 saturated heterocycles. The summed E-state index contributed by atoms with van der Waals surface area (Å²) in [5, 5.41) is 3.56. The van der Waals surface area contributed by atoms with Crippen LogP contribution in [0.2, 0.25) is 0 Å². The summed E-state index contributed by atoms with van der Waals surface area (Å²) in [6.45, 7) is 10.00. The largest absolute Gasteiger partial charge is 0.452 e. The molecule has 16 heavy (non-hydrogen) atoms. The second kappa shape index (κ2) is 3.85. The summed E-state index contributed by atoms with van der Waals surface area (Å²) >= 11 is 6.76. The van der Waals surface area contributed by atoms with Crippen LogP contribution in [0.5, 0.6) is 0 Å². The molecular weight excluding hydrogens is 334 g/mol. The van der Waals surface area contributed by atoms with Crippen molar-refractivity contribution >= 4 is 31.9 Å². The summed E-state index contributed by atoms with van der Waals surface area (Å²) < 4.78 is 7.27. The minimum atomic E-state index is 0.369. The SMILES string of the molecule is CC1(C)C(NCc2cc(Br)c(Br)o2)C1(C)C. The molecule has 1 saturated carbocycles. The van der Waals surface area contributed by atoms with Crippen molar-refractivity contribution in [2.24, 2.45) is 10.8 Å². The van der Waals surface area contributed by atoms with Crippen LogP contribution < -0.4 is 5.32 Å². The minimum Gasteiger partial charge on any atom is -0.452 e. The maximum absolute atomic E-state index is 5.54. The molecule has 1 aromatic heterocycles. The van der Waals surface area contributed by atoms with E-state index in [1.54, 1.807) is 0 Å². The number of hydrogen-bond donors (Lipinski definition) is 1. The molecule has 0 radical (unpaired) electrons. The second-order valence-electron chi connectivity index (χ2n) is 5.59. The molecule has 0 atom stereocenters. The van der Waals surface area contributed by atoms with Crippen molar-refractivity contribution in [3.8, 4) is 0 Å². The zero-order chi connectivity index (χ0) is 12.1. The molecule has 2 nitrogen and oxygen atoms in total. The van der Waals surface area contributed by atoms with Crippen LogP contribution in [0.25, 0.3) is 0 Å². The van der Waals surface area contributed by atoms with Crippen LogP contribution in [0.1, 0.15) is 33.5 Å². The van der Waals surface area contributed by atoms with E-state index in [1.165, 1.54) is 0 Å². The van der Waals surface area contributed by atoms with Crippen molar-refractivity contribution in [1.29, 1.82) is 0 Å². The lowest BCUT2D eigenvalue weighted by Gasteiger charge is -2.03. The van der Waals surface area contributed by atoms with Gasteiger partial charge in [0.1, 0.15) is 5.76 Å². The summed E-state index contributed by atoms with van der Waals surface area (Å²) in [5.41, 5.74) is 0.738. The normalized spacial score (nSPS) is 22.4. The summed E-state index contributed by atoms with van der Waals surface area (Å²) in [6, 6.07) is 2.56. The zero-order valence-corrected chi connectivity index (χ0v) is 13.2. The Morgan fingerprint density at radius 3 is 2.19 bits per heavy atom. The average Bonchev–Trinajstić information content (AvgIpc) is 2.39. The van der Waals surface area contributed by atoms with Gasteiger partial charge in [-0.3, -0.25) is 0 Å². The van der Waals surface area contributed by atoms with Crippen LogP contribution in [0.3, 0.4) is 0 Å². The van der Waals surface area contributed by atoms with Crippen molar-refractivity contribution in [3.05, 3.63) is 21.0 Å². The van der Waals surface area contributed by atoms with E-state index < -0.39 is 0 Å². The van der Waals surface area contributed by atoms with Crippen molar-refractivity contribution < 1.29 is 4.42 Å². The maximum Gasteiger partial charge on any atom is 0.183 e. The van der Waals surface area contributed by atoms with E-state index in [1.807, 2.05) is 6.07 Å². The quantitative estimate of drug-likeness (QED) is 0.877. The predicted molar refractivity (Wildman–Crippen MR) is 72.3 cm³/mol. The van der Waals surface area contributed by atoms with Gasteiger partial charge in [0.25, 0.3) is 0 Å². The predicted octanol–water partition coefficient (Wildman–Crippen LogP) is 4.33. The Hall–Kier alpha value is 0.200. The average molecular weight is 351 g/mol. The van der Waals surface area contributed by atoms with E-state index in [2.05, 4.69) is 64.9 Å². The van der Waals surface area contributed by atoms with Crippen LogP contribution >= 0.6 is 31.9 Å². The monoisotopic (exact) mass is 349 g/mol. The minimum absolute atomic E-state index is 0.369. The van der Waals surface area contributed by atoms with Crippen molar-refractivity contribution in [1.82, 2.24) is 5.32 Å². The molecular formula is C12H17Br2NO. The Morgan fingerprint density at radius 2 is 1.81 bits per heavy atom. The van der Waals surface area contributed by atoms with Gasteiger partial charge in [-0.25, -0.2) is 0 Å². The highest BCUT2D eigenvalue weighted by molar-refractivity contribution is 9.13. The van der Waals surface area contributed by atoms with E-state index in [0.717, 1.165) is 21.4 Å². The zero-order valence-electron chi connectivity index (χ0n) is 10.0. The Bertz CT molecular complexity index is 376. The van der Waals surface area contributed by atoms with Crippen LogP contribution in [0.15, 0.2) is 19.6 Å². The fourth-order valence-electron chi connectivity index (χ4n) is 2.39. The van der Waals surface area contributed by atoms with Gasteiger partial charge < -0.3 is 9.73 Å². The Labute approximate surface area is 113 Å². The molecule has 2 rings (SSSR count). The lowest BCUT2D eigenvalue weighted by atomic mass is 10.0. The lowest BCUT2D eigenvalue weighted by molar-refractivity contribution is 0.448. The first-order valence-corrected chi connectivity index (χ1v) is 7.02. The lowest BCUT2D eigenvalue weighted by Crippen LogP contribution is -2.21. The van der Waals surface area contributed by atoms with Gasteiger partial charge in [-0.1, -0.05) is 27.7 Å². The standard InChI is InChI=1S/C12H17Br2NO/c1-11(2)10(12(11,3)4)15-6-7-5-8(13)9(14)16-7/h5,10,15H,6H2,1-4H3. The fraction of sp³-hybridized carbons (Fsp3) is 0.667. The van der Waals surface area contributed by atoms with Crippen molar-refractivity contribution in [3.63, 3.8) is 0 Å². The molecule has 1 fully saturated rings. The van der Waals surface area contributed by atoms with E-state index in [0.29, 0.717) is 16.9 Å². The Kier molecular flexibility index (Phi) is 3.05. The second-order valence-corrected chi connectivity index (χ2v) is 7.17. The van der Waals surface area contributed by atoms with E-state index in [9.17, 15) is 0 Å². The molecule has 1 aliphatic carbocycles. The third-order valence-electron chi connectivity index (χ3n) is 4.20. The van der Waals surface area contributed by atoms with Gasteiger partial charge in [-0.15, -0.1) is 0 Å². The highest BCUT2D eigenvalue weighted by Gasteiger charge is 2.64. The van der Waals surface area contributed by atoms with Gasteiger partial charge in [0.2, 0.25) is 0 Å². The highest BCUT2D eigenvalue weighted by atomic mass is 79.9. The molecule has 0 unspecified atom stereocenters. The number of nitrogens with one attached hydrogen (secondary N) is 1. The summed E-state index contributed by atoms with van der Waals surface area (Å²) in [4.78, 5) is 0. The first kappa shape index (κ1) is 12.7. The smallest absolute Gasteiger partial charge is 0.183 e. The number of hydrogen-bond acceptors (Lipinski definition) is 2. The van der Waals surface area contributed by atoms with E-state index in [4.69, 9.17) is 4.42 Å². The Balaban J connectivity index is 1.95. The van der Waals surface area contributed by atoms with Gasteiger partial charge in [-0.2, -0.15) is 0 Å². The summed E-state index contributed by atoms with van der Waals surface area (Å²) in [6.07, 6.45) is 0. The van der Waals surface area contributed by atoms with Gasteiger partial charge in [0.15, 0.2) is 4.67 Å². The molecule has 1 aliphatic rings. The summed E-state index contributed by atoms with van der Waals surface area (Å²) in [7, 11) is 0. The van der Waals surface area contributed by atoms with E-state index >= 15 is 0 Å². The van der Waals surface area contributed by atoms with E-state index in [-0.39, 0.29) is 0 Å². The van der Waals surface area contributed by atoms with Crippen molar-refractivity contribution in [2.75, 3.05) is 0 Å². The molecule has 1 heterocycles. The molecule has 0 spiro atoms. The van der Waals surface area contributed by atoms with Gasteiger partial charge in [-0.05, 0) is 48.8 Å². The van der Waals surface area contributed by atoms with Crippen LogP contribution in [-0.4, -0.2) is 6.04 Å². The molecule has 4 heteroatoms. The first-order valence-electron chi connectivity index (χ1n) is 5.44. The molecule has 1 aromatic rings. The molecule has 0 aromatic carbocycles. The van der Waals surface area contributed by atoms with Crippen LogP contribution in [0.4, 0.5) is 0 Å². The van der Waals surface area contributed by atoms with Crippen LogP contribution in [0, 0.1) is 10.8 Å². The molecule has 90 valence electrons. The third-order valence-corrected chi connectivity index (χ3v) is 5.91. The third kappa shape index (κ3) is 1.89. The summed E-state index contributed by atoms with van der Waals surface area (Å²) in [5.74, 6) is 0.956. The van der Waals surface area contributed by atoms with Crippen molar-refractivity contribution in [2.45, 2.75) is 40.3 Å². The van der Waals surface area contributed by atoms with Crippen LogP contribution in [-0.2, 0) is 6.54 Å². The van der Waals surface area contributed by atoms with Gasteiger partial charge >= 0.3 is 0 Å². The highest BCUT2D eigenvalue weighted by Crippen LogP contribution is 2.62.